The van der Waals surface area contributed by atoms with Crippen LogP contribution < -0.4 is 10.2 Å². The molecule has 142 valence electrons. The lowest BCUT2D eigenvalue weighted by Gasteiger charge is -2.20. The van der Waals surface area contributed by atoms with Gasteiger partial charge in [0.1, 0.15) is 0 Å². The topological polar surface area (TPSA) is 69.7 Å². The molecule has 0 aromatic heterocycles. The van der Waals surface area contributed by atoms with Crippen molar-refractivity contribution < 1.29 is 13.2 Å². The summed E-state index contributed by atoms with van der Waals surface area (Å²) in [5.74, 6) is -0.0587. The van der Waals surface area contributed by atoms with E-state index in [0.717, 1.165) is 29.8 Å². The molecule has 2 aromatic carbocycles. The van der Waals surface area contributed by atoms with Crippen LogP contribution >= 0.6 is 0 Å². The van der Waals surface area contributed by atoms with Crippen LogP contribution in [0.25, 0.3) is 0 Å². The largest absolute Gasteiger partial charge is 0.381 e. The van der Waals surface area contributed by atoms with Gasteiger partial charge in [0.2, 0.25) is 15.9 Å². The van der Waals surface area contributed by atoms with E-state index in [-0.39, 0.29) is 16.8 Å². The lowest BCUT2D eigenvalue weighted by atomic mass is 10.2. The number of sulfonamides is 1. The summed E-state index contributed by atoms with van der Waals surface area (Å²) < 4.78 is 27.7. The van der Waals surface area contributed by atoms with E-state index < -0.39 is 10.0 Å². The Balaban J connectivity index is 1.53. The number of nitrogens with one attached hydrogen (secondary N) is 1. The van der Waals surface area contributed by atoms with Gasteiger partial charge < -0.3 is 10.2 Å². The smallest absolute Gasteiger partial charge is 0.243 e. The summed E-state index contributed by atoms with van der Waals surface area (Å²) in [4.78, 5) is 13.7. The van der Waals surface area contributed by atoms with Gasteiger partial charge in [-0.3, -0.25) is 4.79 Å². The Morgan fingerprint density at radius 2 is 1.89 bits per heavy atom. The Kier molecular flexibility index (Phi) is 4.65. The molecular formula is C20H23N3O3S. The fourth-order valence-electron chi connectivity index (χ4n) is 3.83. The highest BCUT2D eigenvalue weighted by Crippen LogP contribution is 2.32. The van der Waals surface area contributed by atoms with Crippen LogP contribution in [-0.2, 0) is 21.2 Å². The number of amides is 1. The van der Waals surface area contributed by atoms with Gasteiger partial charge in [0, 0.05) is 44.0 Å². The van der Waals surface area contributed by atoms with Gasteiger partial charge in [-0.1, -0.05) is 24.3 Å². The van der Waals surface area contributed by atoms with Gasteiger partial charge in [0.05, 0.1) is 4.90 Å². The number of anilines is 2. The van der Waals surface area contributed by atoms with Crippen LogP contribution in [0.3, 0.4) is 0 Å². The molecule has 1 N–H and O–H groups in total. The molecular weight excluding hydrogens is 362 g/mol. The summed E-state index contributed by atoms with van der Waals surface area (Å²) in [7, 11) is -3.58. The molecule has 2 aromatic rings. The first-order chi connectivity index (χ1) is 12.9. The van der Waals surface area contributed by atoms with Crippen LogP contribution in [0, 0.1) is 0 Å². The number of carbonyl (C=O) groups is 1. The molecule has 2 heterocycles. The van der Waals surface area contributed by atoms with Gasteiger partial charge >= 0.3 is 0 Å². The van der Waals surface area contributed by atoms with Crippen LogP contribution in [0.15, 0.2) is 53.4 Å². The molecule has 4 rings (SSSR count). The Morgan fingerprint density at radius 3 is 2.63 bits per heavy atom. The van der Waals surface area contributed by atoms with Crippen LogP contribution in [0.4, 0.5) is 11.4 Å². The minimum Gasteiger partial charge on any atom is -0.381 e. The average Bonchev–Trinajstić information content (AvgIpc) is 3.29. The van der Waals surface area contributed by atoms with E-state index >= 15 is 0 Å². The Hall–Kier alpha value is -2.38. The second-order valence-corrected chi connectivity index (χ2v) is 9.01. The molecule has 1 saturated heterocycles. The second-order valence-electron chi connectivity index (χ2n) is 7.07. The van der Waals surface area contributed by atoms with Crippen molar-refractivity contribution in [2.24, 2.45) is 0 Å². The van der Waals surface area contributed by atoms with E-state index in [1.807, 2.05) is 36.4 Å². The molecule has 0 bridgehead atoms. The quantitative estimate of drug-likeness (QED) is 0.878. The zero-order valence-electron chi connectivity index (χ0n) is 15.3. The zero-order chi connectivity index (χ0) is 19.0. The van der Waals surface area contributed by atoms with Crippen LogP contribution in [0.2, 0.25) is 0 Å². The molecule has 0 spiro atoms. The van der Waals surface area contributed by atoms with Gasteiger partial charge in [-0.2, -0.15) is 4.31 Å². The third-order valence-corrected chi connectivity index (χ3v) is 7.13. The van der Waals surface area contributed by atoms with E-state index in [1.54, 1.807) is 17.0 Å². The third-order valence-electron chi connectivity index (χ3n) is 5.27. The predicted molar refractivity (Wildman–Crippen MR) is 105 cm³/mol. The molecule has 1 atom stereocenters. The van der Waals surface area contributed by atoms with Gasteiger partial charge in [-0.25, -0.2) is 8.42 Å². The molecule has 27 heavy (non-hydrogen) atoms. The van der Waals surface area contributed by atoms with Crippen molar-refractivity contribution in [1.29, 1.82) is 0 Å². The van der Waals surface area contributed by atoms with Crippen molar-refractivity contribution in [1.82, 2.24) is 4.31 Å². The van der Waals surface area contributed by atoms with Gasteiger partial charge in [-0.15, -0.1) is 0 Å². The Bertz CT molecular complexity index is 960. The average molecular weight is 385 g/mol. The fourth-order valence-corrected chi connectivity index (χ4v) is 5.35. The molecule has 2 aliphatic heterocycles. The summed E-state index contributed by atoms with van der Waals surface area (Å²) in [5, 5.41) is 3.40. The maximum atomic E-state index is 13.1. The Morgan fingerprint density at radius 1 is 1.11 bits per heavy atom. The molecule has 6 nitrogen and oxygen atoms in total. The zero-order valence-corrected chi connectivity index (χ0v) is 16.1. The van der Waals surface area contributed by atoms with E-state index in [9.17, 15) is 13.2 Å². The predicted octanol–water partition coefficient (Wildman–Crippen LogP) is 2.47. The number of rotatable bonds is 4. The summed E-state index contributed by atoms with van der Waals surface area (Å²) in [6.07, 6.45) is 1.53. The second kappa shape index (κ2) is 6.98. The maximum Gasteiger partial charge on any atom is 0.243 e. The number of hydrogen-bond donors (Lipinski definition) is 1. The van der Waals surface area contributed by atoms with Crippen molar-refractivity contribution >= 4 is 27.3 Å². The molecule has 1 unspecified atom stereocenters. The first-order valence-electron chi connectivity index (χ1n) is 9.18. The summed E-state index contributed by atoms with van der Waals surface area (Å²) in [6.45, 7) is 3.04. The SMILES string of the molecule is CC(=O)N1CCc2ccc(S(=O)(=O)N3CCC(Nc4ccccc4)C3)cc21. The highest BCUT2D eigenvalue weighted by Gasteiger charge is 2.34. The van der Waals surface area contributed by atoms with Crippen molar-refractivity contribution in [2.75, 3.05) is 29.9 Å². The molecule has 0 radical (unpaired) electrons. The van der Waals surface area contributed by atoms with Crippen molar-refractivity contribution in [3.05, 3.63) is 54.1 Å². The lowest BCUT2D eigenvalue weighted by Crippen LogP contribution is -2.32. The number of para-hydroxylation sites is 1. The molecule has 0 aliphatic carbocycles. The van der Waals surface area contributed by atoms with Gasteiger partial charge in [0.15, 0.2) is 0 Å². The van der Waals surface area contributed by atoms with E-state index in [4.69, 9.17) is 0 Å². The minimum absolute atomic E-state index is 0.0587. The first kappa shape index (κ1) is 18.0. The number of carbonyl (C=O) groups excluding carboxylic acids is 1. The van der Waals surface area contributed by atoms with Crippen LogP contribution in [0.5, 0.6) is 0 Å². The lowest BCUT2D eigenvalue weighted by molar-refractivity contribution is -0.116. The first-order valence-corrected chi connectivity index (χ1v) is 10.6. The van der Waals surface area contributed by atoms with E-state index in [0.29, 0.717) is 19.6 Å². The minimum atomic E-state index is -3.58. The van der Waals surface area contributed by atoms with Crippen molar-refractivity contribution in [3.63, 3.8) is 0 Å². The summed E-state index contributed by atoms with van der Waals surface area (Å²) >= 11 is 0. The third kappa shape index (κ3) is 3.44. The standard InChI is InChI=1S/C20H23N3O3S/c1-15(24)23-12-9-16-7-8-19(13-20(16)23)27(25,26)22-11-10-18(14-22)21-17-5-3-2-4-6-17/h2-8,13,18,21H,9-12,14H2,1H3. The highest BCUT2D eigenvalue weighted by atomic mass is 32.2. The Labute approximate surface area is 159 Å². The van der Waals surface area contributed by atoms with Crippen molar-refractivity contribution in [3.8, 4) is 0 Å². The summed E-state index contributed by atoms with van der Waals surface area (Å²) in [6, 6.07) is 15.1. The number of benzene rings is 2. The monoisotopic (exact) mass is 385 g/mol. The molecule has 2 aliphatic rings. The van der Waals surface area contributed by atoms with Crippen molar-refractivity contribution in [2.45, 2.75) is 30.7 Å². The van der Waals surface area contributed by atoms with Crippen LogP contribution in [0.1, 0.15) is 18.9 Å². The van der Waals surface area contributed by atoms with E-state index in [1.165, 1.54) is 11.2 Å². The molecule has 0 saturated carbocycles. The highest BCUT2D eigenvalue weighted by molar-refractivity contribution is 7.89. The normalized spacial score (nSPS) is 19.9. The molecule has 1 amide bonds. The van der Waals surface area contributed by atoms with Gasteiger partial charge in [0.25, 0.3) is 0 Å². The summed E-state index contributed by atoms with van der Waals surface area (Å²) in [5.41, 5.74) is 2.74. The molecule has 7 heteroatoms. The molecule has 1 fully saturated rings. The van der Waals surface area contributed by atoms with E-state index in [2.05, 4.69) is 5.32 Å². The number of nitrogens with zero attached hydrogens (tertiary/aromatic N) is 2. The van der Waals surface area contributed by atoms with Crippen LogP contribution in [-0.4, -0.2) is 44.3 Å². The number of hydrogen-bond acceptors (Lipinski definition) is 4. The number of fused-ring (bicyclic) bond motifs is 1. The maximum absolute atomic E-state index is 13.1. The van der Waals surface area contributed by atoms with Gasteiger partial charge in [-0.05, 0) is 42.7 Å². The fraction of sp³-hybridized carbons (Fsp3) is 0.350.